The normalized spacial score (nSPS) is 13.5. The van der Waals surface area contributed by atoms with Crippen LogP contribution in [0.15, 0.2) is 48.5 Å². The van der Waals surface area contributed by atoms with Crippen molar-refractivity contribution >= 4 is 17.4 Å². The number of likely N-dealkylation sites (N-methyl/N-ethyl adjacent to an activating group) is 1. The molecule has 2 aromatic carbocycles. The van der Waals surface area contributed by atoms with Gasteiger partial charge in [0.1, 0.15) is 0 Å². The fourth-order valence-electron chi connectivity index (χ4n) is 2.37. The zero-order valence-corrected chi connectivity index (χ0v) is 10.6. The van der Waals surface area contributed by atoms with Crippen LogP contribution in [0.2, 0.25) is 0 Å². The summed E-state index contributed by atoms with van der Waals surface area (Å²) in [5.74, 6) is 0.0599. The highest BCUT2D eigenvalue weighted by Gasteiger charge is 2.24. The Bertz CT molecular complexity index is 662. The van der Waals surface area contributed by atoms with E-state index in [1.54, 1.807) is 30.1 Å². The summed E-state index contributed by atoms with van der Waals surface area (Å²) in [6.45, 7) is 0. The van der Waals surface area contributed by atoms with Crippen molar-refractivity contribution in [2.45, 2.75) is 6.42 Å². The van der Waals surface area contributed by atoms with Crippen LogP contribution < -0.4 is 4.90 Å². The van der Waals surface area contributed by atoms with Crippen LogP contribution in [0.1, 0.15) is 21.5 Å². The van der Waals surface area contributed by atoms with Crippen molar-refractivity contribution in [3.8, 4) is 0 Å². The molecule has 94 valence electrons. The fourth-order valence-corrected chi connectivity index (χ4v) is 2.37. The minimum atomic E-state index is -0.00889. The molecule has 3 heteroatoms. The first-order chi connectivity index (χ1) is 9.16. The van der Waals surface area contributed by atoms with Crippen molar-refractivity contribution in [1.29, 1.82) is 0 Å². The Kier molecular flexibility index (Phi) is 2.67. The number of rotatable bonds is 2. The number of hydrogen-bond donors (Lipinski definition) is 0. The second-order valence-corrected chi connectivity index (χ2v) is 4.67. The Morgan fingerprint density at radius 3 is 2.53 bits per heavy atom. The van der Waals surface area contributed by atoms with Gasteiger partial charge in [-0.15, -0.1) is 0 Å². The highest BCUT2D eigenvalue weighted by atomic mass is 16.2. The highest BCUT2D eigenvalue weighted by Crippen LogP contribution is 2.28. The van der Waals surface area contributed by atoms with Gasteiger partial charge >= 0.3 is 0 Å². The van der Waals surface area contributed by atoms with Crippen molar-refractivity contribution in [1.82, 2.24) is 0 Å². The van der Waals surface area contributed by atoms with E-state index < -0.39 is 0 Å². The van der Waals surface area contributed by atoms with Gasteiger partial charge in [0.05, 0.1) is 6.42 Å². The van der Waals surface area contributed by atoms with E-state index in [4.69, 9.17) is 0 Å². The molecular formula is C16H13NO2. The number of ketones is 1. The molecule has 0 atom stereocenters. The standard InChI is InChI=1S/C16H13NO2/c1-17-14-8-7-12(9-13(14)10-15(17)18)16(19)11-5-3-2-4-6-11/h2-9H,10H2,1H3. The van der Waals surface area contributed by atoms with Gasteiger partial charge in [-0.3, -0.25) is 9.59 Å². The maximum atomic E-state index is 12.3. The molecule has 3 nitrogen and oxygen atoms in total. The molecule has 1 amide bonds. The topological polar surface area (TPSA) is 37.4 Å². The first kappa shape index (κ1) is 11.7. The lowest BCUT2D eigenvalue weighted by Crippen LogP contribution is -2.20. The zero-order valence-electron chi connectivity index (χ0n) is 10.6. The van der Waals surface area contributed by atoms with Crippen LogP contribution in [0.25, 0.3) is 0 Å². The second-order valence-electron chi connectivity index (χ2n) is 4.67. The molecule has 3 rings (SSSR count). The summed E-state index contributed by atoms with van der Waals surface area (Å²) in [5, 5.41) is 0. The smallest absolute Gasteiger partial charge is 0.231 e. The van der Waals surface area contributed by atoms with E-state index in [0.29, 0.717) is 17.5 Å². The van der Waals surface area contributed by atoms with E-state index in [1.807, 2.05) is 30.3 Å². The minimum Gasteiger partial charge on any atom is -0.315 e. The number of amides is 1. The van der Waals surface area contributed by atoms with E-state index in [-0.39, 0.29) is 11.7 Å². The predicted molar refractivity (Wildman–Crippen MR) is 73.4 cm³/mol. The Hall–Kier alpha value is -2.42. The third-order valence-corrected chi connectivity index (χ3v) is 3.45. The van der Waals surface area contributed by atoms with Gasteiger partial charge in [0, 0.05) is 23.9 Å². The molecule has 19 heavy (non-hydrogen) atoms. The van der Waals surface area contributed by atoms with Crippen LogP contribution >= 0.6 is 0 Å². The quantitative estimate of drug-likeness (QED) is 0.769. The first-order valence-electron chi connectivity index (χ1n) is 6.16. The molecule has 0 bridgehead atoms. The Morgan fingerprint density at radius 1 is 1.05 bits per heavy atom. The van der Waals surface area contributed by atoms with Gasteiger partial charge in [-0.2, -0.15) is 0 Å². The third kappa shape index (κ3) is 1.93. The van der Waals surface area contributed by atoms with Crippen molar-refractivity contribution < 1.29 is 9.59 Å². The molecule has 0 fully saturated rings. The molecule has 1 aliphatic rings. The lowest BCUT2D eigenvalue weighted by atomic mass is 10.0. The number of carbonyl (C=O) groups excluding carboxylic acids is 2. The monoisotopic (exact) mass is 251 g/mol. The second kappa shape index (κ2) is 4.35. The van der Waals surface area contributed by atoms with Crippen molar-refractivity contribution in [3.05, 3.63) is 65.2 Å². The Morgan fingerprint density at radius 2 is 1.79 bits per heavy atom. The number of benzene rings is 2. The van der Waals surface area contributed by atoms with E-state index >= 15 is 0 Å². The maximum Gasteiger partial charge on any atom is 0.231 e. The number of fused-ring (bicyclic) bond motifs is 1. The Balaban J connectivity index is 1.99. The maximum absolute atomic E-state index is 12.3. The van der Waals surface area contributed by atoms with E-state index in [0.717, 1.165) is 11.3 Å². The van der Waals surface area contributed by atoms with Crippen molar-refractivity contribution in [2.75, 3.05) is 11.9 Å². The SMILES string of the molecule is CN1C(=O)Cc2cc(C(=O)c3ccccc3)ccc21. The van der Waals surface area contributed by atoms with Gasteiger partial charge in [-0.05, 0) is 23.8 Å². The van der Waals surface area contributed by atoms with Crippen LogP contribution in [-0.4, -0.2) is 18.7 Å². The van der Waals surface area contributed by atoms with Crippen molar-refractivity contribution in [3.63, 3.8) is 0 Å². The Labute approximate surface area is 111 Å². The van der Waals surface area contributed by atoms with Gasteiger partial charge in [-0.25, -0.2) is 0 Å². The number of hydrogen-bond acceptors (Lipinski definition) is 2. The van der Waals surface area contributed by atoms with Gasteiger partial charge in [0.2, 0.25) is 5.91 Å². The predicted octanol–water partition coefficient (Wildman–Crippen LogP) is 2.44. The van der Waals surface area contributed by atoms with Gasteiger partial charge in [0.25, 0.3) is 0 Å². The van der Waals surface area contributed by atoms with Crippen LogP contribution in [0.3, 0.4) is 0 Å². The van der Waals surface area contributed by atoms with Gasteiger partial charge in [-0.1, -0.05) is 30.3 Å². The van der Waals surface area contributed by atoms with Crippen LogP contribution in [0.5, 0.6) is 0 Å². The van der Waals surface area contributed by atoms with Crippen LogP contribution in [0.4, 0.5) is 5.69 Å². The minimum absolute atomic E-state index is 0.00889. The molecule has 0 saturated heterocycles. The molecular weight excluding hydrogens is 238 g/mol. The molecule has 0 aromatic heterocycles. The van der Waals surface area contributed by atoms with Crippen molar-refractivity contribution in [2.24, 2.45) is 0 Å². The lowest BCUT2D eigenvalue weighted by molar-refractivity contribution is -0.117. The molecule has 1 aliphatic heterocycles. The molecule has 1 heterocycles. The third-order valence-electron chi connectivity index (χ3n) is 3.45. The summed E-state index contributed by atoms with van der Waals surface area (Å²) in [6, 6.07) is 14.6. The molecule has 0 aliphatic carbocycles. The molecule has 0 spiro atoms. The first-order valence-corrected chi connectivity index (χ1v) is 6.16. The van der Waals surface area contributed by atoms with E-state index in [1.165, 1.54) is 0 Å². The van der Waals surface area contributed by atoms with Gasteiger partial charge < -0.3 is 4.90 Å². The zero-order chi connectivity index (χ0) is 13.4. The number of carbonyl (C=O) groups is 2. The van der Waals surface area contributed by atoms with E-state index in [2.05, 4.69) is 0 Å². The summed E-state index contributed by atoms with van der Waals surface area (Å²) in [7, 11) is 1.76. The van der Waals surface area contributed by atoms with Crippen LogP contribution in [0, 0.1) is 0 Å². The molecule has 0 N–H and O–H groups in total. The van der Waals surface area contributed by atoms with Crippen LogP contribution in [-0.2, 0) is 11.2 Å². The summed E-state index contributed by atoms with van der Waals surface area (Å²) >= 11 is 0. The lowest BCUT2D eigenvalue weighted by Gasteiger charge is -2.10. The summed E-state index contributed by atoms with van der Waals surface area (Å²) in [5.41, 5.74) is 3.12. The van der Waals surface area contributed by atoms with E-state index in [9.17, 15) is 9.59 Å². The average molecular weight is 251 g/mol. The molecule has 0 radical (unpaired) electrons. The highest BCUT2D eigenvalue weighted by molar-refractivity contribution is 6.10. The summed E-state index contributed by atoms with van der Waals surface area (Å²) < 4.78 is 0. The number of anilines is 1. The molecule has 0 saturated carbocycles. The average Bonchev–Trinajstić information content (AvgIpc) is 2.74. The molecule has 2 aromatic rings. The fraction of sp³-hybridized carbons (Fsp3) is 0.125. The summed E-state index contributed by atoms with van der Waals surface area (Å²) in [6.07, 6.45) is 0.377. The summed E-state index contributed by atoms with van der Waals surface area (Å²) in [4.78, 5) is 25.6. The number of nitrogens with zero attached hydrogens (tertiary/aromatic N) is 1. The molecule has 0 unspecified atom stereocenters. The largest absolute Gasteiger partial charge is 0.315 e. The van der Waals surface area contributed by atoms with Gasteiger partial charge in [0.15, 0.2) is 5.78 Å².